The van der Waals surface area contributed by atoms with Crippen LogP contribution in [0.4, 0.5) is 0 Å². The Balaban J connectivity index is 1.20. The quantitative estimate of drug-likeness (QED) is 0.661. The fourth-order valence-electron chi connectivity index (χ4n) is 4.66. The van der Waals surface area contributed by atoms with Crippen LogP contribution in [0.2, 0.25) is 0 Å². The molecule has 0 unspecified atom stereocenters. The van der Waals surface area contributed by atoms with Gasteiger partial charge in [0.2, 0.25) is 0 Å². The summed E-state index contributed by atoms with van der Waals surface area (Å²) in [5, 5.41) is 2.73. The van der Waals surface area contributed by atoms with Crippen LogP contribution in [0.5, 0.6) is 0 Å². The molecule has 0 aliphatic carbocycles. The molecular formula is C24H26N2. The van der Waals surface area contributed by atoms with Crippen molar-refractivity contribution < 1.29 is 0 Å². The Morgan fingerprint density at radius 2 is 1.35 bits per heavy atom. The molecule has 2 heteroatoms. The molecule has 0 atom stereocenters. The summed E-state index contributed by atoms with van der Waals surface area (Å²) in [7, 11) is 0. The molecule has 2 aliphatic rings. The van der Waals surface area contributed by atoms with Gasteiger partial charge in [0.05, 0.1) is 6.67 Å². The van der Waals surface area contributed by atoms with E-state index in [1.165, 1.54) is 53.4 Å². The molecule has 0 bridgehead atoms. The number of hydrogen-bond donors (Lipinski definition) is 0. The molecule has 2 aliphatic heterocycles. The molecule has 1 fully saturated rings. The first-order valence-electron chi connectivity index (χ1n) is 9.85. The summed E-state index contributed by atoms with van der Waals surface area (Å²) in [6.45, 7) is 5.76. The lowest BCUT2D eigenvalue weighted by molar-refractivity contribution is 0.106. The maximum atomic E-state index is 2.64. The van der Waals surface area contributed by atoms with Crippen LogP contribution in [0.1, 0.15) is 35.4 Å². The largest absolute Gasteiger partial charge is 0.290 e. The number of likely N-dealkylation sites (tertiary alicyclic amines) is 1. The Morgan fingerprint density at radius 1 is 0.692 bits per heavy atom. The zero-order valence-electron chi connectivity index (χ0n) is 15.3. The third kappa shape index (κ3) is 3.15. The Hall–Kier alpha value is -2.16. The predicted molar refractivity (Wildman–Crippen MR) is 108 cm³/mol. The molecular weight excluding hydrogens is 316 g/mol. The van der Waals surface area contributed by atoms with E-state index in [0.717, 1.165) is 19.8 Å². The summed E-state index contributed by atoms with van der Waals surface area (Å²) < 4.78 is 0. The maximum absolute atomic E-state index is 2.64. The van der Waals surface area contributed by atoms with Crippen LogP contribution >= 0.6 is 0 Å². The molecule has 0 radical (unpaired) electrons. The number of fused-ring (bicyclic) bond motifs is 2. The van der Waals surface area contributed by atoms with Gasteiger partial charge in [0.25, 0.3) is 0 Å². The van der Waals surface area contributed by atoms with Crippen molar-refractivity contribution >= 4 is 10.8 Å². The summed E-state index contributed by atoms with van der Waals surface area (Å²) in [5.41, 5.74) is 4.55. The molecule has 0 N–H and O–H groups in total. The van der Waals surface area contributed by atoms with Gasteiger partial charge in [-0.25, -0.2) is 0 Å². The van der Waals surface area contributed by atoms with Gasteiger partial charge in [-0.3, -0.25) is 9.80 Å². The van der Waals surface area contributed by atoms with Gasteiger partial charge in [-0.1, -0.05) is 66.7 Å². The van der Waals surface area contributed by atoms with E-state index in [1.807, 2.05) is 0 Å². The SMILES string of the molecule is c1ccc2c(c1)CN(CN1CCC(c3ccc4ccccc4c3)CC1)C2. The van der Waals surface area contributed by atoms with Crippen molar-refractivity contribution in [3.63, 3.8) is 0 Å². The van der Waals surface area contributed by atoms with Crippen molar-refractivity contribution in [2.45, 2.75) is 31.8 Å². The topological polar surface area (TPSA) is 6.48 Å². The van der Waals surface area contributed by atoms with Crippen LogP contribution in [-0.2, 0) is 13.1 Å². The van der Waals surface area contributed by atoms with Crippen LogP contribution in [0, 0.1) is 0 Å². The highest BCUT2D eigenvalue weighted by atomic mass is 15.3. The van der Waals surface area contributed by atoms with Crippen molar-refractivity contribution in [3.8, 4) is 0 Å². The molecule has 26 heavy (non-hydrogen) atoms. The molecule has 1 saturated heterocycles. The van der Waals surface area contributed by atoms with Crippen molar-refractivity contribution in [2.75, 3.05) is 19.8 Å². The Kier molecular flexibility index (Phi) is 4.24. The van der Waals surface area contributed by atoms with Crippen molar-refractivity contribution in [1.29, 1.82) is 0 Å². The Bertz CT molecular complexity index is 884. The van der Waals surface area contributed by atoms with Crippen LogP contribution < -0.4 is 0 Å². The highest BCUT2D eigenvalue weighted by Crippen LogP contribution is 2.31. The fraction of sp³-hybridized carbons (Fsp3) is 0.333. The number of rotatable bonds is 3. The van der Waals surface area contributed by atoms with Gasteiger partial charge in [-0.15, -0.1) is 0 Å². The normalized spacial score (nSPS) is 19.1. The first kappa shape index (κ1) is 16.0. The molecule has 3 aromatic carbocycles. The van der Waals surface area contributed by atoms with Crippen molar-refractivity contribution in [2.24, 2.45) is 0 Å². The van der Waals surface area contributed by atoms with Gasteiger partial charge in [0.15, 0.2) is 0 Å². The second-order valence-corrected chi connectivity index (χ2v) is 7.90. The molecule has 5 rings (SSSR count). The van der Waals surface area contributed by atoms with Crippen molar-refractivity contribution in [1.82, 2.24) is 9.80 Å². The Morgan fingerprint density at radius 3 is 2.08 bits per heavy atom. The molecule has 3 aromatic rings. The molecule has 0 spiro atoms. The molecule has 0 amide bonds. The molecule has 0 saturated carbocycles. The monoisotopic (exact) mass is 342 g/mol. The molecule has 2 heterocycles. The number of nitrogens with zero attached hydrogens (tertiary/aromatic N) is 2. The number of hydrogen-bond acceptors (Lipinski definition) is 2. The zero-order valence-corrected chi connectivity index (χ0v) is 15.3. The second-order valence-electron chi connectivity index (χ2n) is 7.90. The minimum atomic E-state index is 0.714. The highest BCUT2D eigenvalue weighted by molar-refractivity contribution is 5.83. The van der Waals surface area contributed by atoms with E-state index < -0.39 is 0 Å². The van der Waals surface area contributed by atoms with E-state index in [2.05, 4.69) is 76.5 Å². The standard InChI is InChI=1S/C24H26N2/c1-2-6-21-15-22(10-9-19(21)5-1)20-11-13-25(14-12-20)18-26-16-23-7-3-4-8-24(23)17-26/h1-10,15,20H,11-14,16-18H2. The lowest BCUT2D eigenvalue weighted by Crippen LogP contribution is -2.40. The van der Waals surface area contributed by atoms with E-state index in [0.29, 0.717) is 5.92 Å². The maximum Gasteiger partial charge on any atom is 0.0512 e. The summed E-state index contributed by atoms with van der Waals surface area (Å²) in [4.78, 5) is 5.23. The minimum Gasteiger partial charge on any atom is -0.290 e. The smallest absolute Gasteiger partial charge is 0.0512 e. The molecule has 132 valence electrons. The first-order valence-corrected chi connectivity index (χ1v) is 9.85. The molecule has 0 aromatic heterocycles. The second kappa shape index (κ2) is 6.86. The average molecular weight is 342 g/mol. The van der Waals surface area contributed by atoms with E-state index in [4.69, 9.17) is 0 Å². The first-order chi connectivity index (χ1) is 12.8. The van der Waals surface area contributed by atoms with E-state index >= 15 is 0 Å². The minimum absolute atomic E-state index is 0.714. The van der Waals surface area contributed by atoms with Gasteiger partial charge in [-0.05, 0) is 59.3 Å². The van der Waals surface area contributed by atoms with E-state index in [1.54, 1.807) is 0 Å². The van der Waals surface area contributed by atoms with Crippen LogP contribution in [-0.4, -0.2) is 29.6 Å². The van der Waals surface area contributed by atoms with Crippen LogP contribution in [0.25, 0.3) is 10.8 Å². The number of benzene rings is 3. The van der Waals surface area contributed by atoms with Gasteiger partial charge in [0, 0.05) is 13.1 Å². The van der Waals surface area contributed by atoms with Gasteiger partial charge in [0.1, 0.15) is 0 Å². The van der Waals surface area contributed by atoms with Gasteiger partial charge >= 0.3 is 0 Å². The third-order valence-electron chi connectivity index (χ3n) is 6.14. The fourth-order valence-corrected chi connectivity index (χ4v) is 4.66. The summed E-state index contributed by atoms with van der Waals surface area (Å²) in [5.74, 6) is 0.714. The lowest BCUT2D eigenvalue weighted by atomic mass is 9.88. The average Bonchev–Trinajstić information content (AvgIpc) is 3.10. The summed E-state index contributed by atoms with van der Waals surface area (Å²) >= 11 is 0. The predicted octanol–water partition coefficient (Wildman–Crippen LogP) is 4.99. The summed E-state index contributed by atoms with van der Waals surface area (Å²) in [6, 6.07) is 24.6. The van der Waals surface area contributed by atoms with Crippen LogP contribution in [0.3, 0.4) is 0 Å². The third-order valence-corrected chi connectivity index (χ3v) is 6.14. The zero-order chi connectivity index (χ0) is 17.3. The molecule has 2 nitrogen and oxygen atoms in total. The van der Waals surface area contributed by atoms with Crippen molar-refractivity contribution in [3.05, 3.63) is 83.4 Å². The highest BCUT2D eigenvalue weighted by Gasteiger charge is 2.24. The van der Waals surface area contributed by atoms with E-state index in [-0.39, 0.29) is 0 Å². The number of piperidine rings is 1. The van der Waals surface area contributed by atoms with Gasteiger partial charge < -0.3 is 0 Å². The van der Waals surface area contributed by atoms with Crippen LogP contribution in [0.15, 0.2) is 66.7 Å². The van der Waals surface area contributed by atoms with E-state index in [9.17, 15) is 0 Å². The lowest BCUT2D eigenvalue weighted by Gasteiger charge is -2.34. The Labute approximate surface area is 156 Å². The van der Waals surface area contributed by atoms with Gasteiger partial charge in [-0.2, -0.15) is 0 Å². The summed E-state index contributed by atoms with van der Waals surface area (Å²) in [6.07, 6.45) is 2.55.